The average molecular weight is 262 g/mol. The van der Waals surface area contributed by atoms with Crippen LogP contribution in [0.3, 0.4) is 0 Å². The highest BCUT2D eigenvalue weighted by atomic mass is 16.3. The van der Waals surface area contributed by atoms with Crippen LogP contribution in [0.4, 0.5) is 0 Å². The number of hydrogen-bond donors (Lipinski definition) is 2. The Morgan fingerprint density at radius 3 is 3.11 bits per heavy atom. The van der Waals surface area contributed by atoms with Gasteiger partial charge in [0.1, 0.15) is 0 Å². The number of likely N-dealkylation sites (tertiary alicyclic amines) is 1. The average Bonchev–Trinajstić information content (AvgIpc) is 2.39. The Morgan fingerprint density at radius 2 is 2.32 bits per heavy atom. The molecule has 1 fully saturated rings. The summed E-state index contributed by atoms with van der Waals surface area (Å²) in [6.45, 7) is 6.75. The van der Waals surface area contributed by atoms with Crippen molar-refractivity contribution in [3.05, 3.63) is 35.4 Å². The van der Waals surface area contributed by atoms with Gasteiger partial charge in [-0.15, -0.1) is 0 Å². The van der Waals surface area contributed by atoms with Crippen LogP contribution in [-0.4, -0.2) is 42.3 Å². The molecule has 1 saturated heterocycles. The summed E-state index contributed by atoms with van der Waals surface area (Å²) in [5.74, 6) is 0. The van der Waals surface area contributed by atoms with Gasteiger partial charge in [0.2, 0.25) is 0 Å². The lowest BCUT2D eigenvalue weighted by molar-refractivity contribution is 0.181. The third-order valence-electron chi connectivity index (χ3n) is 3.76. The first-order valence-corrected chi connectivity index (χ1v) is 7.40. The van der Waals surface area contributed by atoms with E-state index in [-0.39, 0.29) is 6.61 Å². The second-order valence-electron chi connectivity index (χ2n) is 5.59. The van der Waals surface area contributed by atoms with Crippen LogP contribution in [0.2, 0.25) is 0 Å². The molecule has 0 amide bonds. The summed E-state index contributed by atoms with van der Waals surface area (Å²) < 4.78 is 0. The van der Waals surface area contributed by atoms with Crippen LogP contribution in [0, 0.1) is 6.92 Å². The minimum Gasteiger partial charge on any atom is -0.396 e. The van der Waals surface area contributed by atoms with Crippen molar-refractivity contribution in [2.45, 2.75) is 38.8 Å². The van der Waals surface area contributed by atoms with Gasteiger partial charge in [0, 0.05) is 25.7 Å². The zero-order valence-electron chi connectivity index (χ0n) is 11.9. The molecule has 0 aromatic heterocycles. The largest absolute Gasteiger partial charge is 0.396 e. The van der Waals surface area contributed by atoms with Crippen LogP contribution < -0.4 is 5.32 Å². The van der Waals surface area contributed by atoms with E-state index in [1.165, 1.54) is 30.5 Å². The maximum atomic E-state index is 8.82. The van der Waals surface area contributed by atoms with Crippen molar-refractivity contribution in [1.82, 2.24) is 10.2 Å². The molecule has 2 N–H and O–H groups in total. The Labute approximate surface area is 116 Å². The summed E-state index contributed by atoms with van der Waals surface area (Å²) in [7, 11) is 0. The SMILES string of the molecule is Cc1cccc(CN2CCCC(NCCCO)C2)c1. The minimum atomic E-state index is 0.284. The molecule has 0 aliphatic carbocycles. The van der Waals surface area contributed by atoms with Gasteiger partial charge in [-0.2, -0.15) is 0 Å². The number of nitrogens with zero attached hydrogens (tertiary/aromatic N) is 1. The van der Waals surface area contributed by atoms with Crippen LogP contribution in [0.15, 0.2) is 24.3 Å². The van der Waals surface area contributed by atoms with Crippen LogP contribution in [0.1, 0.15) is 30.4 Å². The maximum Gasteiger partial charge on any atom is 0.0443 e. The molecule has 0 bridgehead atoms. The second-order valence-corrected chi connectivity index (χ2v) is 5.59. The van der Waals surface area contributed by atoms with Gasteiger partial charge in [-0.25, -0.2) is 0 Å². The number of piperidine rings is 1. The van der Waals surface area contributed by atoms with Crippen molar-refractivity contribution >= 4 is 0 Å². The number of aryl methyl sites for hydroxylation is 1. The molecule has 1 heterocycles. The molecule has 1 unspecified atom stereocenters. The van der Waals surface area contributed by atoms with E-state index in [9.17, 15) is 0 Å². The van der Waals surface area contributed by atoms with Gasteiger partial charge in [0.05, 0.1) is 0 Å². The fourth-order valence-electron chi connectivity index (χ4n) is 2.82. The molecule has 1 aromatic carbocycles. The number of nitrogens with one attached hydrogen (secondary N) is 1. The van der Waals surface area contributed by atoms with Gasteiger partial charge in [-0.3, -0.25) is 4.90 Å². The lowest BCUT2D eigenvalue weighted by Gasteiger charge is -2.33. The van der Waals surface area contributed by atoms with E-state index in [4.69, 9.17) is 5.11 Å². The number of aliphatic hydroxyl groups excluding tert-OH is 1. The summed E-state index contributed by atoms with van der Waals surface area (Å²) >= 11 is 0. The summed E-state index contributed by atoms with van der Waals surface area (Å²) in [4.78, 5) is 2.54. The Bertz CT molecular complexity index is 381. The Morgan fingerprint density at radius 1 is 1.42 bits per heavy atom. The second kappa shape index (κ2) is 7.63. The standard InChI is InChI=1S/C16H26N2O/c1-14-5-2-6-15(11-14)12-18-9-3-7-16(13-18)17-8-4-10-19/h2,5-6,11,16-17,19H,3-4,7-10,12-13H2,1H3. The predicted octanol–water partition coefficient (Wildman–Crippen LogP) is 1.93. The maximum absolute atomic E-state index is 8.82. The van der Waals surface area contributed by atoms with Crippen molar-refractivity contribution in [2.75, 3.05) is 26.2 Å². The topological polar surface area (TPSA) is 35.5 Å². The Kier molecular flexibility index (Phi) is 5.83. The molecule has 1 aromatic rings. The fourth-order valence-corrected chi connectivity index (χ4v) is 2.82. The minimum absolute atomic E-state index is 0.284. The van der Waals surface area contributed by atoms with E-state index in [2.05, 4.69) is 41.4 Å². The van der Waals surface area contributed by atoms with E-state index >= 15 is 0 Å². The molecule has 1 atom stereocenters. The monoisotopic (exact) mass is 262 g/mol. The molecule has 3 nitrogen and oxygen atoms in total. The normalized spacial score (nSPS) is 20.6. The third kappa shape index (κ3) is 4.94. The summed E-state index contributed by atoms with van der Waals surface area (Å²) in [5.41, 5.74) is 2.75. The van der Waals surface area contributed by atoms with E-state index in [0.29, 0.717) is 6.04 Å². The zero-order valence-corrected chi connectivity index (χ0v) is 11.9. The van der Waals surface area contributed by atoms with Gasteiger partial charge >= 0.3 is 0 Å². The lowest BCUT2D eigenvalue weighted by Crippen LogP contribution is -2.45. The molecule has 2 rings (SSSR count). The fraction of sp³-hybridized carbons (Fsp3) is 0.625. The van der Waals surface area contributed by atoms with Crippen LogP contribution in [0.25, 0.3) is 0 Å². The first kappa shape index (κ1) is 14.5. The van der Waals surface area contributed by atoms with Crippen LogP contribution in [-0.2, 0) is 6.54 Å². The van der Waals surface area contributed by atoms with Gasteiger partial charge in [-0.1, -0.05) is 29.8 Å². The Hall–Kier alpha value is -0.900. The van der Waals surface area contributed by atoms with E-state index in [1.807, 2.05) is 0 Å². The van der Waals surface area contributed by atoms with Gasteiger partial charge in [0.15, 0.2) is 0 Å². The van der Waals surface area contributed by atoms with E-state index < -0.39 is 0 Å². The molecule has 1 aliphatic rings. The van der Waals surface area contributed by atoms with Crippen molar-refractivity contribution in [2.24, 2.45) is 0 Å². The van der Waals surface area contributed by atoms with Gasteiger partial charge < -0.3 is 10.4 Å². The summed E-state index contributed by atoms with van der Waals surface area (Å²) in [6, 6.07) is 9.38. The number of benzene rings is 1. The highest BCUT2D eigenvalue weighted by Crippen LogP contribution is 2.14. The molecular weight excluding hydrogens is 236 g/mol. The molecule has 3 heteroatoms. The number of aliphatic hydroxyl groups is 1. The highest BCUT2D eigenvalue weighted by Gasteiger charge is 2.19. The van der Waals surface area contributed by atoms with Crippen LogP contribution in [0.5, 0.6) is 0 Å². The van der Waals surface area contributed by atoms with Crippen molar-refractivity contribution < 1.29 is 5.11 Å². The Balaban J connectivity index is 1.80. The molecular formula is C16H26N2O. The smallest absolute Gasteiger partial charge is 0.0443 e. The molecule has 0 saturated carbocycles. The first-order valence-electron chi connectivity index (χ1n) is 7.40. The molecule has 1 aliphatic heterocycles. The number of rotatable bonds is 6. The van der Waals surface area contributed by atoms with E-state index in [1.54, 1.807) is 0 Å². The lowest BCUT2D eigenvalue weighted by atomic mass is 10.0. The quantitative estimate of drug-likeness (QED) is 0.769. The highest BCUT2D eigenvalue weighted by molar-refractivity contribution is 5.22. The van der Waals surface area contributed by atoms with Crippen LogP contribution >= 0.6 is 0 Å². The summed E-state index contributed by atoms with van der Waals surface area (Å²) in [5, 5.41) is 12.4. The van der Waals surface area contributed by atoms with Crippen molar-refractivity contribution in [3.8, 4) is 0 Å². The first-order chi connectivity index (χ1) is 9.28. The van der Waals surface area contributed by atoms with Crippen molar-refractivity contribution in [3.63, 3.8) is 0 Å². The predicted molar refractivity (Wildman–Crippen MR) is 79.2 cm³/mol. The van der Waals surface area contributed by atoms with E-state index in [0.717, 1.165) is 26.1 Å². The van der Waals surface area contributed by atoms with Crippen molar-refractivity contribution in [1.29, 1.82) is 0 Å². The number of hydrogen-bond acceptors (Lipinski definition) is 3. The van der Waals surface area contributed by atoms with Gasteiger partial charge in [-0.05, 0) is 44.8 Å². The van der Waals surface area contributed by atoms with Gasteiger partial charge in [0.25, 0.3) is 0 Å². The molecule has 106 valence electrons. The zero-order chi connectivity index (χ0) is 13.5. The molecule has 0 radical (unpaired) electrons. The molecule has 19 heavy (non-hydrogen) atoms. The molecule has 0 spiro atoms. The summed E-state index contributed by atoms with van der Waals surface area (Å²) in [6.07, 6.45) is 3.38. The third-order valence-corrected chi connectivity index (χ3v) is 3.76.